The highest BCUT2D eigenvalue weighted by Crippen LogP contribution is 2.14. The molecule has 0 bridgehead atoms. The Morgan fingerprint density at radius 1 is 1.25 bits per heavy atom. The molecule has 2 aromatic rings. The molecule has 1 aliphatic heterocycles. The van der Waals surface area contributed by atoms with Crippen LogP contribution in [0.4, 0.5) is 5.82 Å². The third-order valence-corrected chi connectivity index (χ3v) is 3.72. The first kappa shape index (κ1) is 13.2. The zero-order valence-electron chi connectivity index (χ0n) is 11.7. The Balaban J connectivity index is 1.62. The molecule has 2 aromatic heterocycles. The molecule has 1 atom stereocenters. The van der Waals surface area contributed by atoms with E-state index in [0.29, 0.717) is 11.6 Å². The van der Waals surface area contributed by atoms with E-state index >= 15 is 0 Å². The number of fused-ring (bicyclic) bond motifs is 1. The van der Waals surface area contributed by atoms with Crippen molar-refractivity contribution in [3.05, 3.63) is 12.1 Å². The average Bonchev–Trinajstić information content (AvgIpc) is 2.95. The number of piperazine rings is 1. The fraction of sp³-hybridized carbons (Fsp3) is 0.667. The first-order valence-electron chi connectivity index (χ1n) is 6.99. The number of nitrogens with zero attached hydrogens (tertiary/aromatic N) is 7. The maximum absolute atomic E-state index is 5.68. The van der Waals surface area contributed by atoms with Crippen molar-refractivity contribution in [2.75, 3.05) is 44.2 Å². The summed E-state index contributed by atoms with van der Waals surface area (Å²) in [5.41, 5.74) is 6.35. The van der Waals surface area contributed by atoms with Gasteiger partial charge in [0.05, 0.1) is 0 Å². The summed E-state index contributed by atoms with van der Waals surface area (Å²) in [6.45, 7) is 8.04. The Hall–Kier alpha value is -1.80. The van der Waals surface area contributed by atoms with E-state index in [2.05, 4.69) is 37.3 Å². The molecule has 1 aliphatic rings. The SMILES string of the molecule is CC(CN)CN1CCN(c2ccc3nnnn3n2)CC1. The quantitative estimate of drug-likeness (QED) is 0.785. The van der Waals surface area contributed by atoms with Gasteiger partial charge in [-0.2, -0.15) is 0 Å². The van der Waals surface area contributed by atoms with Crippen molar-refractivity contribution in [2.45, 2.75) is 6.92 Å². The van der Waals surface area contributed by atoms with Crippen molar-refractivity contribution < 1.29 is 0 Å². The van der Waals surface area contributed by atoms with E-state index in [9.17, 15) is 0 Å². The zero-order chi connectivity index (χ0) is 13.9. The standard InChI is InChI=1S/C12H20N8/c1-10(8-13)9-18-4-6-19(7-5-18)12-3-2-11-14-16-17-20(11)15-12/h2-3,10H,4-9,13H2,1H3. The Labute approximate surface area is 117 Å². The highest BCUT2D eigenvalue weighted by molar-refractivity contribution is 5.44. The molecule has 0 aromatic carbocycles. The number of hydrogen-bond donors (Lipinski definition) is 1. The number of hydrogen-bond acceptors (Lipinski definition) is 7. The van der Waals surface area contributed by atoms with Crippen LogP contribution in [0.15, 0.2) is 12.1 Å². The van der Waals surface area contributed by atoms with E-state index in [1.165, 1.54) is 4.63 Å². The number of nitrogens with two attached hydrogens (primary N) is 1. The molecule has 1 unspecified atom stereocenters. The highest BCUT2D eigenvalue weighted by atomic mass is 15.6. The smallest absolute Gasteiger partial charge is 0.200 e. The van der Waals surface area contributed by atoms with Gasteiger partial charge in [-0.15, -0.1) is 14.8 Å². The van der Waals surface area contributed by atoms with E-state index in [1.807, 2.05) is 12.1 Å². The van der Waals surface area contributed by atoms with E-state index in [4.69, 9.17) is 5.73 Å². The second-order valence-electron chi connectivity index (χ2n) is 5.35. The molecule has 0 aliphatic carbocycles. The van der Waals surface area contributed by atoms with Gasteiger partial charge >= 0.3 is 0 Å². The van der Waals surface area contributed by atoms with Gasteiger partial charge in [0.1, 0.15) is 0 Å². The molecule has 0 saturated carbocycles. The molecule has 1 fully saturated rings. The van der Waals surface area contributed by atoms with Gasteiger partial charge in [-0.3, -0.25) is 4.90 Å². The molecular formula is C12H20N8. The van der Waals surface area contributed by atoms with Crippen LogP contribution in [0.25, 0.3) is 5.65 Å². The van der Waals surface area contributed by atoms with Crippen LogP contribution < -0.4 is 10.6 Å². The van der Waals surface area contributed by atoms with Gasteiger partial charge < -0.3 is 10.6 Å². The summed E-state index contributed by atoms with van der Waals surface area (Å²) in [7, 11) is 0. The van der Waals surface area contributed by atoms with E-state index in [1.54, 1.807) is 0 Å². The minimum Gasteiger partial charge on any atom is -0.353 e. The second-order valence-corrected chi connectivity index (χ2v) is 5.35. The summed E-state index contributed by atoms with van der Waals surface area (Å²) in [6, 6.07) is 3.87. The first-order valence-corrected chi connectivity index (χ1v) is 6.99. The van der Waals surface area contributed by atoms with Crippen LogP contribution in [0.3, 0.4) is 0 Å². The van der Waals surface area contributed by atoms with Crippen LogP contribution in [-0.2, 0) is 0 Å². The van der Waals surface area contributed by atoms with Crippen molar-refractivity contribution in [3.63, 3.8) is 0 Å². The Morgan fingerprint density at radius 3 is 2.80 bits per heavy atom. The molecular weight excluding hydrogens is 256 g/mol. The van der Waals surface area contributed by atoms with Gasteiger partial charge in [0.25, 0.3) is 0 Å². The van der Waals surface area contributed by atoms with Gasteiger partial charge in [0, 0.05) is 32.7 Å². The number of aromatic nitrogens is 5. The Morgan fingerprint density at radius 2 is 2.05 bits per heavy atom. The lowest BCUT2D eigenvalue weighted by molar-refractivity contribution is 0.226. The molecule has 8 nitrogen and oxygen atoms in total. The molecule has 108 valence electrons. The molecule has 3 heterocycles. The fourth-order valence-electron chi connectivity index (χ4n) is 2.48. The summed E-state index contributed by atoms with van der Waals surface area (Å²) in [5, 5.41) is 15.7. The summed E-state index contributed by atoms with van der Waals surface area (Å²) in [4.78, 5) is 4.73. The predicted molar refractivity (Wildman–Crippen MR) is 75.4 cm³/mol. The molecule has 1 saturated heterocycles. The Bertz CT molecular complexity index is 559. The fourth-order valence-corrected chi connectivity index (χ4v) is 2.48. The number of rotatable bonds is 4. The Kier molecular flexibility index (Phi) is 3.75. The topological polar surface area (TPSA) is 88.5 Å². The second kappa shape index (κ2) is 5.68. The molecule has 8 heteroatoms. The summed E-state index contributed by atoms with van der Waals surface area (Å²) in [5.74, 6) is 1.48. The summed E-state index contributed by atoms with van der Waals surface area (Å²) >= 11 is 0. The van der Waals surface area contributed by atoms with Crippen molar-refractivity contribution >= 4 is 11.5 Å². The van der Waals surface area contributed by atoms with Crippen LogP contribution in [-0.4, -0.2) is 69.4 Å². The van der Waals surface area contributed by atoms with E-state index in [-0.39, 0.29) is 0 Å². The molecule has 2 N–H and O–H groups in total. The van der Waals surface area contributed by atoms with Gasteiger partial charge in [-0.25, -0.2) is 0 Å². The lowest BCUT2D eigenvalue weighted by atomic mass is 10.1. The highest BCUT2D eigenvalue weighted by Gasteiger charge is 2.19. The lowest BCUT2D eigenvalue weighted by Gasteiger charge is -2.36. The van der Waals surface area contributed by atoms with Gasteiger partial charge in [-0.1, -0.05) is 6.92 Å². The normalized spacial score (nSPS) is 18.6. The van der Waals surface area contributed by atoms with Gasteiger partial charge in [0.15, 0.2) is 11.5 Å². The van der Waals surface area contributed by atoms with Crippen LogP contribution in [0.5, 0.6) is 0 Å². The maximum Gasteiger partial charge on any atom is 0.200 e. The first-order chi connectivity index (χ1) is 9.76. The molecule has 0 radical (unpaired) electrons. The largest absolute Gasteiger partial charge is 0.353 e. The van der Waals surface area contributed by atoms with Crippen molar-refractivity contribution in [2.24, 2.45) is 11.7 Å². The van der Waals surface area contributed by atoms with E-state index < -0.39 is 0 Å². The van der Waals surface area contributed by atoms with Crippen molar-refractivity contribution in [1.82, 2.24) is 30.2 Å². The van der Waals surface area contributed by atoms with Crippen molar-refractivity contribution in [3.8, 4) is 0 Å². The van der Waals surface area contributed by atoms with Crippen LogP contribution in [0.1, 0.15) is 6.92 Å². The molecule has 0 amide bonds. The average molecular weight is 276 g/mol. The van der Waals surface area contributed by atoms with Crippen molar-refractivity contribution in [1.29, 1.82) is 0 Å². The van der Waals surface area contributed by atoms with Crippen LogP contribution in [0, 0.1) is 5.92 Å². The molecule has 3 rings (SSSR count). The van der Waals surface area contributed by atoms with Crippen LogP contribution >= 0.6 is 0 Å². The third kappa shape index (κ3) is 2.70. The minimum atomic E-state index is 0.553. The minimum absolute atomic E-state index is 0.553. The predicted octanol–water partition coefficient (Wildman–Crippen LogP) is -0.764. The number of anilines is 1. The third-order valence-electron chi connectivity index (χ3n) is 3.72. The van der Waals surface area contributed by atoms with Gasteiger partial charge in [0.2, 0.25) is 0 Å². The summed E-state index contributed by atoms with van der Waals surface area (Å²) in [6.07, 6.45) is 0. The lowest BCUT2D eigenvalue weighted by Crippen LogP contribution is -2.48. The maximum atomic E-state index is 5.68. The number of tetrazole rings is 1. The van der Waals surface area contributed by atoms with Crippen LogP contribution in [0.2, 0.25) is 0 Å². The van der Waals surface area contributed by atoms with E-state index in [0.717, 1.165) is 45.1 Å². The monoisotopic (exact) mass is 276 g/mol. The molecule has 0 spiro atoms. The van der Waals surface area contributed by atoms with Gasteiger partial charge in [-0.05, 0) is 35.0 Å². The summed E-state index contributed by atoms with van der Waals surface area (Å²) < 4.78 is 1.47. The molecule has 20 heavy (non-hydrogen) atoms. The zero-order valence-corrected chi connectivity index (χ0v) is 11.7.